The zero-order chi connectivity index (χ0) is 12.0. The topological polar surface area (TPSA) is 74.7 Å². The predicted octanol–water partition coefficient (Wildman–Crippen LogP) is 0.113. The first kappa shape index (κ1) is 11.9. The van der Waals surface area contributed by atoms with Gasteiger partial charge < -0.3 is 5.11 Å². The molecule has 0 amide bonds. The van der Waals surface area contributed by atoms with Gasteiger partial charge in [-0.15, -0.1) is 0 Å². The van der Waals surface area contributed by atoms with Gasteiger partial charge in [-0.25, -0.2) is 8.42 Å². The zero-order valence-corrected chi connectivity index (χ0v) is 10.2. The minimum absolute atomic E-state index is 0.103. The summed E-state index contributed by atoms with van der Waals surface area (Å²) >= 11 is 0. The van der Waals surface area contributed by atoms with Crippen molar-refractivity contribution in [3.63, 3.8) is 0 Å². The van der Waals surface area contributed by atoms with E-state index in [-0.39, 0.29) is 17.5 Å². The maximum atomic E-state index is 11.4. The van der Waals surface area contributed by atoms with E-state index in [0.29, 0.717) is 19.4 Å². The number of aliphatic carboxylic acids is 1. The monoisotopic (exact) mass is 247 g/mol. The van der Waals surface area contributed by atoms with Crippen molar-refractivity contribution in [2.75, 3.05) is 18.1 Å². The Morgan fingerprint density at radius 2 is 2.19 bits per heavy atom. The zero-order valence-electron chi connectivity index (χ0n) is 9.35. The normalized spacial score (nSPS) is 38.9. The van der Waals surface area contributed by atoms with Gasteiger partial charge in [-0.2, -0.15) is 0 Å². The molecule has 2 atom stereocenters. The molecule has 2 heterocycles. The number of hydrogen-bond acceptors (Lipinski definition) is 4. The number of carboxylic acid groups (broad SMARTS) is 1. The lowest BCUT2D eigenvalue weighted by Crippen LogP contribution is -2.53. The fourth-order valence-corrected chi connectivity index (χ4v) is 4.55. The molecule has 2 aliphatic rings. The lowest BCUT2D eigenvalue weighted by Gasteiger charge is -2.35. The summed E-state index contributed by atoms with van der Waals surface area (Å²) in [4.78, 5) is 13.1. The van der Waals surface area contributed by atoms with Gasteiger partial charge in [0.2, 0.25) is 0 Å². The number of rotatable bonds is 2. The summed E-state index contributed by atoms with van der Waals surface area (Å²) < 4.78 is 22.8. The number of hydrogen-bond donors (Lipinski definition) is 1. The minimum atomic E-state index is -2.94. The average Bonchev–Trinajstić information content (AvgIpc) is 2.70. The third-order valence-electron chi connectivity index (χ3n) is 3.81. The van der Waals surface area contributed by atoms with E-state index in [1.165, 1.54) is 0 Å². The van der Waals surface area contributed by atoms with Crippen LogP contribution in [0.1, 0.15) is 26.2 Å². The second-order valence-electron chi connectivity index (χ2n) is 4.93. The quantitative estimate of drug-likeness (QED) is 0.749. The molecule has 2 unspecified atom stereocenters. The predicted molar refractivity (Wildman–Crippen MR) is 59.0 cm³/mol. The molecule has 0 aliphatic carbocycles. The summed E-state index contributed by atoms with van der Waals surface area (Å²) in [7, 11) is -2.94. The fraction of sp³-hybridized carbons (Fsp3) is 0.900. The van der Waals surface area contributed by atoms with Crippen molar-refractivity contribution in [2.24, 2.45) is 0 Å². The van der Waals surface area contributed by atoms with E-state index in [1.54, 1.807) is 6.92 Å². The first-order chi connectivity index (χ1) is 7.35. The molecule has 0 spiro atoms. The second-order valence-corrected chi connectivity index (χ2v) is 7.16. The van der Waals surface area contributed by atoms with Gasteiger partial charge in [0.1, 0.15) is 5.54 Å². The van der Waals surface area contributed by atoms with Crippen LogP contribution in [0, 0.1) is 0 Å². The highest BCUT2D eigenvalue weighted by Gasteiger charge is 2.48. The van der Waals surface area contributed by atoms with Crippen LogP contribution in [0.3, 0.4) is 0 Å². The Kier molecular flexibility index (Phi) is 2.74. The average molecular weight is 247 g/mol. The summed E-state index contributed by atoms with van der Waals surface area (Å²) in [6, 6.07) is -0.103. The van der Waals surface area contributed by atoms with Crippen LogP contribution in [0.4, 0.5) is 0 Å². The van der Waals surface area contributed by atoms with Gasteiger partial charge in [0.05, 0.1) is 11.5 Å². The van der Waals surface area contributed by atoms with Gasteiger partial charge in [-0.3, -0.25) is 9.69 Å². The summed E-state index contributed by atoms with van der Waals surface area (Å²) in [5, 5.41) is 9.24. The number of carbonyl (C=O) groups is 1. The Morgan fingerprint density at radius 3 is 2.69 bits per heavy atom. The van der Waals surface area contributed by atoms with E-state index in [4.69, 9.17) is 0 Å². The Morgan fingerprint density at radius 1 is 1.50 bits per heavy atom. The highest BCUT2D eigenvalue weighted by Crippen LogP contribution is 2.34. The number of sulfone groups is 1. The van der Waals surface area contributed by atoms with Crippen molar-refractivity contribution in [3.05, 3.63) is 0 Å². The maximum Gasteiger partial charge on any atom is 0.323 e. The second kappa shape index (κ2) is 3.70. The maximum absolute atomic E-state index is 11.4. The van der Waals surface area contributed by atoms with Crippen LogP contribution in [-0.2, 0) is 14.6 Å². The molecular weight excluding hydrogens is 230 g/mol. The Balaban J connectivity index is 2.19. The largest absolute Gasteiger partial charge is 0.480 e. The molecule has 0 bridgehead atoms. The van der Waals surface area contributed by atoms with E-state index in [0.717, 1.165) is 6.42 Å². The highest BCUT2D eigenvalue weighted by molar-refractivity contribution is 7.91. The Hall–Kier alpha value is -0.620. The lowest BCUT2D eigenvalue weighted by molar-refractivity contribution is -0.149. The Bertz CT molecular complexity index is 405. The first-order valence-corrected chi connectivity index (χ1v) is 7.38. The van der Waals surface area contributed by atoms with Gasteiger partial charge in [0.15, 0.2) is 9.84 Å². The first-order valence-electron chi connectivity index (χ1n) is 5.56. The van der Waals surface area contributed by atoms with E-state index in [9.17, 15) is 18.3 Å². The van der Waals surface area contributed by atoms with Crippen molar-refractivity contribution in [1.82, 2.24) is 4.90 Å². The molecule has 2 saturated heterocycles. The molecule has 5 nitrogen and oxygen atoms in total. The van der Waals surface area contributed by atoms with Crippen LogP contribution in [0.2, 0.25) is 0 Å². The number of likely N-dealkylation sites (tertiary alicyclic amines) is 1. The summed E-state index contributed by atoms with van der Waals surface area (Å²) in [6.45, 7) is 2.40. The summed E-state index contributed by atoms with van der Waals surface area (Å²) in [5.74, 6) is -0.519. The van der Waals surface area contributed by atoms with Crippen LogP contribution < -0.4 is 0 Å². The van der Waals surface area contributed by atoms with Crippen molar-refractivity contribution in [3.8, 4) is 0 Å². The minimum Gasteiger partial charge on any atom is -0.480 e. The third kappa shape index (κ3) is 1.84. The molecule has 0 aromatic carbocycles. The molecule has 92 valence electrons. The van der Waals surface area contributed by atoms with Crippen LogP contribution in [0.5, 0.6) is 0 Å². The molecule has 0 aromatic heterocycles. The van der Waals surface area contributed by atoms with Crippen LogP contribution >= 0.6 is 0 Å². The van der Waals surface area contributed by atoms with Gasteiger partial charge in [-0.05, 0) is 32.7 Å². The SMILES string of the molecule is CC1(C(=O)O)CCCN1C1CCS(=O)(=O)C1. The standard InChI is InChI=1S/C10H17NO4S/c1-10(9(12)13)4-2-5-11(10)8-3-6-16(14,15)7-8/h8H,2-7H2,1H3,(H,12,13). The lowest BCUT2D eigenvalue weighted by atomic mass is 9.97. The summed E-state index contributed by atoms with van der Waals surface area (Å²) in [6.07, 6.45) is 2.02. The van der Waals surface area contributed by atoms with Crippen LogP contribution in [0.15, 0.2) is 0 Å². The molecular formula is C10H17NO4S. The van der Waals surface area contributed by atoms with Gasteiger partial charge in [-0.1, -0.05) is 0 Å². The van der Waals surface area contributed by atoms with Crippen LogP contribution in [-0.4, -0.2) is 54.0 Å². The summed E-state index contributed by atoms with van der Waals surface area (Å²) in [5.41, 5.74) is -0.871. The smallest absolute Gasteiger partial charge is 0.323 e. The van der Waals surface area contributed by atoms with E-state index in [1.807, 2.05) is 4.90 Å². The van der Waals surface area contributed by atoms with Gasteiger partial charge in [0, 0.05) is 6.04 Å². The molecule has 16 heavy (non-hydrogen) atoms. The molecule has 1 N–H and O–H groups in total. The number of nitrogens with zero attached hydrogens (tertiary/aromatic N) is 1. The van der Waals surface area contributed by atoms with E-state index < -0.39 is 21.3 Å². The van der Waals surface area contributed by atoms with Crippen molar-refractivity contribution >= 4 is 15.8 Å². The van der Waals surface area contributed by atoms with E-state index >= 15 is 0 Å². The molecule has 6 heteroatoms. The van der Waals surface area contributed by atoms with Gasteiger partial charge in [0.25, 0.3) is 0 Å². The molecule has 2 fully saturated rings. The molecule has 0 saturated carbocycles. The van der Waals surface area contributed by atoms with Gasteiger partial charge >= 0.3 is 5.97 Å². The van der Waals surface area contributed by atoms with Crippen molar-refractivity contribution < 1.29 is 18.3 Å². The van der Waals surface area contributed by atoms with Crippen molar-refractivity contribution in [2.45, 2.75) is 37.8 Å². The van der Waals surface area contributed by atoms with E-state index in [2.05, 4.69) is 0 Å². The third-order valence-corrected chi connectivity index (χ3v) is 5.56. The Labute approximate surface area is 95.4 Å². The molecule has 0 aromatic rings. The van der Waals surface area contributed by atoms with Crippen molar-refractivity contribution in [1.29, 1.82) is 0 Å². The number of carboxylic acids is 1. The molecule has 2 aliphatic heterocycles. The van der Waals surface area contributed by atoms with Crippen LogP contribution in [0.25, 0.3) is 0 Å². The fourth-order valence-electron chi connectivity index (χ4n) is 2.82. The molecule has 0 radical (unpaired) electrons. The molecule has 2 rings (SSSR count). The highest BCUT2D eigenvalue weighted by atomic mass is 32.2.